The number of hydrogen-bond acceptors (Lipinski definition) is 7. The van der Waals surface area contributed by atoms with Crippen molar-refractivity contribution in [2.24, 2.45) is 0 Å². The Morgan fingerprint density at radius 1 is 0.692 bits per heavy atom. The monoisotopic (exact) mass is 749 g/mol. The van der Waals surface area contributed by atoms with Crippen molar-refractivity contribution in [1.29, 1.82) is 0 Å². The Morgan fingerprint density at radius 2 is 1.12 bits per heavy atom. The molecule has 0 spiro atoms. The normalized spacial score (nSPS) is 23.3. The van der Waals surface area contributed by atoms with Crippen LogP contribution in [-0.2, 0) is 31.1 Å². The molecule has 280 valence electrons. The lowest BCUT2D eigenvalue weighted by molar-refractivity contribution is -0.531. The highest BCUT2D eigenvalue weighted by molar-refractivity contribution is 7.86. The number of hydrogen-bond donors (Lipinski definition) is 3. The summed E-state index contributed by atoms with van der Waals surface area (Å²) in [4.78, 5) is 4.42. The molecule has 52 heavy (non-hydrogen) atoms. The van der Waals surface area contributed by atoms with E-state index in [-0.39, 0.29) is 22.3 Å². The molecule has 6 rings (SSSR count). The maximum absolute atomic E-state index is 11.6. The second-order valence-corrected chi connectivity index (χ2v) is 18.4. The third-order valence-electron chi connectivity index (χ3n) is 11.0. The first kappa shape index (κ1) is 38.2. The fourth-order valence-electron chi connectivity index (χ4n) is 8.46. The Hall–Kier alpha value is -3.55. The highest BCUT2D eigenvalue weighted by Gasteiger charge is 2.41. The molecule has 12 heteroatoms. The topological polar surface area (TPSA) is 130 Å². The van der Waals surface area contributed by atoms with E-state index in [9.17, 15) is 25.9 Å². The van der Waals surface area contributed by atoms with E-state index in [1.165, 1.54) is 28.0 Å². The van der Waals surface area contributed by atoms with Crippen molar-refractivity contribution in [3.63, 3.8) is 0 Å². The van der Waals surface area contributed by atoms with Crippen LogP contribution in [0.3, 0.4) is 0 Å². The third-order valence-corrected chi connectivity index (χ3v) is 12.6. The summed E-state index contributed by atoms with van der Waals surface area (Å²) in [6.45, 7) is 13.4. The molecule has 10 nitrogen and oxygen atoms in total. The quantitative estimate of drug-likeness (QED) is 0.198. The summed E-state index contributed by atoms with van der Waals surface area (Å²) in [7, 11) is -8.13. The molecule has 3 heterocycles. The average molecular weight is 750 g/mol. The minimum absolute atomic E-state index is 0.287. The molecule has 1 saturated heterocycles. The Labute approximate surface area is 309 Å². The first-order chi connectivity index (χ1) is 24.6. The average Bonchev–Trinajstić information content (AvgIpc) is 3.44. The number of anilines is 2. The zero-order valence-corrected chi connectivity index (χ0v) is 32.4. The molecular weight excluding hydrogens is 697 g/mol. The molecule has 2 aromatic rings. The van der Waals surface area contributed by atoms with Crippen molar-refractivity contribution in [2.45, 2.75) is 70.6 Å². The van der Waals surface area contributed by atoms with E-state index in [0.717, 1.165) is 68.2 Å². The summed E-state index contributed by atoms with van der Waals surface area (Å²) in [5, 5.41) is 3.50. The van der Waals surface area contributed by atoms with Gasteiger partial charge >= 0.3 is 0 Å². The van der Waals surface area contributed by atoms with Gasteiger partial charge in [0.15, 0.2) is 13.1 Å². The minimum atomic E-state index is -4.06. The Morgan fingerprint density at radius 3 is 1.54 bits per heavy atom. The number of allylic oxidation sites excluding steroid dienone is 8. The molecule has 1 saturated carbocycles. The lowest BCUT2D eigenvalue weighted by atomic mass is 9.82. The van der Waals surface area contributed by atoms with Crippen molar-refractivity contribution in [3.8, 4) is 0 Å². The van der Waals surface area contributed by atoms with Gasteiger partial charge < -0.3 is 15.1 Å². The first-order valence-electron chi connectivity index (χ1n) is 18.4. The van der Waals surface area contributed by atoms with Crippen LogP contribution in [0.1, 0.15) is 70.9 Å². The van der Waals surface area contributed by atoms with Gasteiger partial charge in [-0.1, -0.05) is 76.2 Å². The maximum atomic E-state index is 11.6. The molecule has 0 radical (unpaired) electrons. The molecule has 0 unspecified atom stereocenters. The van der Waals surface area contributed by atoms with Crippen molar-refractivity contribution in [3.05, 3.63) is 107 Å². The van der Waals surface area contributed by atoms with Crippen LogP contribution in [-0.4, -0.2) is 87.0 Å². The van der Waals surface area contributed by atoms with Gasteiger partial charge in [0.05, 0.1) is 24.6 Å². The van der Waals surface area contributed by atoms with Gasteiger partial charge in [0, 0.05) is 57.8 Å². The van der Waals surface area contributed by atoms with E-state index in [1.807, 2.05) is 24.3 Å². The fraction of sp³-hybridized carbons (Fsp3) is 0.475. The Kier molecular flexibility index (Phi) is 11.1. The summed E-state index contributed by atoms with van der Waals surface area (Å²) < 4.78 is 67.8. The van der Waals surface area contributed by atoms with Gasteiger partial charge in [0.2, 0.25) is 5.71 Å². The molecule has 1 aliphatic carbocycles. The number of fused-ring (bicyclic) bond motifs is 2. The van der Waals surface area contributed by atoms with Crippen molar-refractivity contribution in [1.82, 2.24) is 5.32 Å². The van der Waals surface area contributed by atoms with Crippen LogP contribution < -0.4 is 15.1 Å². The highest BCUT2D eigenvalue weighted by Crippen LogP contribution is 2.49. The number of piperazine rings is 1. The van der Waals surface area contributed by atoms with Crippen LogP contribution >= 0.6 is 0 Å². The van der Waals surface area contributed by atoms with Gasteiger partial charge in [-0.25, -0.2) is 4.58 Å². The van der Waals surface area contributed by atoms with Gasteiger partial charge in [-0.15, -0.1) is 0 Å². The predicted octanol–water partition coefficient (Wildman–Crippen LogP) is 6.00. The first-order valence-corrected chi connectivity index (χ1v) is 21.6. The third kappa shape index (κ3) is 8.16. The van der Waals surface area contributed by atoms with E-state index in [2.05, 4.69) is 96.0 Å². The van der Waals surface area contributed by atoms with Gasteiger partial charge in [-0.3, -0.25) is 9.11 Å². The largest absolute Gasteiger partial charge is 0.344 e. The van der Waals surface area contributed by atoms with Crippen LogP contribution in [0, 0.1) is 0 Å². The van der Waals surface area contributed by atoms with E-state index < -0.39 is 20.2 Å². The van der Waals surface area contributed by atoms with Crippen LogP contribution in [0.25, 0.3) is 0 Å². The molecule has 2 fully saturated rings. The molecule has 3 N–H and O–H groups in total. The molecule has 2 aromatic carbocycles. The molecule has 0 atom stereocenters. The number of para-hydroxylation sites is 2. The van der Waals surface area contributed by atoms with Gasteiger partial charge in [0.1, 0.15) is 0 Å². The maximum Gasteiger partial charge on any atom is 0.264 e. The molecule has 0 bridgehead atoms. The molecule has 3 aliphatic heterocycles. The van der Waals surface area contributed by atoms with Crippen molar-refractivity contribution in [2.75, 3.05) is 60.6 Å². The van der Waals surface area contributed by atoms with E-state index in [4.69, 9.17) is 0 Å². The zero-order valence-electron chi connectivity index (χ0n) is 30.8. The van der Waals surface area contributed by atoms with Crippen molar-refractivity contribution >= 4 is 37.3 Å². The standard InChI is InChI=1S/C40H52N4O6S2/c1-39(2)32-14-5-7-16-34(32)43(24-10-28-51(45,46)47)36(39)20-18-30-12-9-13-31(38(30)42-26-22-41-23-27-42)19-21-37-40(3,4)33-15-6-8-17-35(33)44(37)25-11-29-52(48,49)50/h5-8,14-21,41H,9-13,22-29H2,1-4H3,(H-,45,46,47,48,49,50)/p+1. The molecule has 0 amide bonds. The summed E-state index contributed by atoms with van der Waals surface area (Å²) >= 11 is 0. The second-order valence-electron chi connectivity index (χ2n) is 15.3. The van der Waals surface area contributed by atoms with Crippen molar-refractivity contribution < 1.29 is 30.5 Å². The van der Waals surface area contributed by atoms with Gasteiger partial charge in [-0.2, -0.15) is 16.8 Å². The molecule has 0 aromatic heterocycles. The minimum Gasteiger partial charge on any atom is -0.344 e. The smallest absolute Gasteiger partial charge is 0.264 e. The second kappa shape index (κ2) is 15.1. The summed E-state index contributed by atoms with van der Waals surface area (Å²) in [6.07, 6.45) is 12.5. The molecule has 4 aliphatic rings. The predicted molar refractivity (Wildman–Crippen MR) is 210 cm³/mol. The SMILES string of the molecule is CC1(C)/C(=C\C=C2/CCC/C(=C\C=C3\N(CCCS(=O)(=O)O)c4ccccc4C3(C)C)C2=[N+]2CCNCC2)N(CCCS(=O)(=O)O)c2ccccc21. The van der Waals surface area contributed by atoms with Crippen LogP contribution in [0.2, 0.25) is 0 Å². The van der Waals surface area contributed by atoms with E-state index in [1.54, 1.807) is 0 Å². The Bertz CT molecular complexity index is 1930. The molecular formula is C40H53N4O6S2+. The van der Waals surface area contributed by atoms with Crippen LogP contribution in [0.5, 0.6) is 0 Å². The van der Waals surface area contributed by atoms with Crippen LogP contribution in [0.15, 0.2) is 95.4 Å². The fourth-order valence-corrected chi connectivity index (χ4v) is 9.45. The summed E-state index contributed by atoms with van der Waals surface area (Å²) in [5.41, 5.74) is 9.90. The van der Waals surface area contributed by atoms with E-state index >= 15 is 0 Å². The highest BCUT2D eigenvalue weighted by atomic mass is 32.2. The van der Waals surface area contributed by atoms with Crippen LogP contribution in [0.4, 0.5) is 11.4 Å². The summed E-state index contributed by atoms with van der Waals surface area (Å²) in [5.74, 6) is -0.574. The Balaban J connectivity index is 1.40. The summed E-state index contributed by atoms with van der Waals surface area (Å²) in [6, 6.07) is 16.6. The number of nitrogens with zero attached hydrogens (tertiary/aromatic N) is 3. The number of nitrogens with one attached hydrogen (secondary N) is 1. The number of benzene rings is 2. The van der Waals surface area contributed by atoms with Gasteiger partial charge in [0.25, 0.3) is 20.2 Å². The zero-order chi connectivity index (χ0) is 37.3. The van der Waals surface area contributed by atoms with Gasteiger partial charge in [-0.05, 0) is 67.5 Å². The lowest BCUT2D eigenvalue weighted by Crippen LogP contribution is -2.42. The van der Waals surface area contributed by atoms with E-state index in [0.29, 0.717) is 25.9 Å². The lowest BCUT2D eigenvalue weighted by Gasteiger charge is -2.28. The number of rotatable bonds is 10.